The zero-order chi connectivity index (χ0) is 33.7. The number of carboxylic acid groups (broad SMARTS) is 2. The molecule has 244 valence electrons. The van der Waals surface area contributed by atoms with E-state index in [0.717, 1.165) is 46.2 Å². The first kappa shape index (κ1) is 31.9. The summed E-state index contributed by atoms with van der Waals surface area (Å²) < 4.78 is 0. The van der Waals surface area contributed by atoms with Gasteiger partial charge in [-0.05, 0) is 123 Å². The number of H-pyrrole nitrogens is 2. The van der Waals surface area contributed by atoms with E-state index in [-0.39, 0.29) is 25.7 Å². The van der Waals surface area contributed by atoms with Gasteiger partial charge in [0.1, 0.15) is 6.10 Å². The molecule has 8 bridgehead atoms. The van der Waals surface area contributed by atoms with Gasteiger partial charge in [0.15, 0.2) is 0 Å². The molecular formula is C35H37N5O7. The standard InChI is InChI=1S/C35H37N5O7/c1-16-21(7-9-32(42)43)27-14-28-22(8-10-33(44)45)17(2)24(37-28)12-30-35(31(41)15-40(46)47)19(4)26(39-30)13-29-34(20-5-6-20)18(3)25(38-29)11-23(16)36-27/h11-14,20,31,38-39,41H,5-10,15H2,1-4H3,(H,42,43)(H,44,45). The summed E-state index contributed by atoms with van der Waals surface area (Å²) in [6.45, 7) is 7.00. The topological polar surface area (TPSA) is 195 Å². The molecule has 1 fully saturated rings. The number of aryl methyl sites for hydroxylation is 2. The van der Waals surface area contributed by atoms with Gasteiger partial charge in [0, 0.05) is 45.4 Å². The van der Waals surface area contributed by atoms with Gasteiger partial charge in [-0.3, -0.25) is 19.7 Å². The Kier molecular flexibility index (Phi) is 8.31. The molecule has 5 N–H and O–H groups in total. The number of aliphatic carboxylic acids is 2. The molecule has 5 heterocycles. The van der Waals surface area contributed by atoms with Crippen LogP contribution < -0.4 is 0 Å². The number of aromatic amines is 2. The third-order valence-electron chi connectivity index (χ3n) is 9.45. The second-order valence-electron chi connectivity index (χ2n) is 12.6. The molecule has 3 aliphatic rings. The zero-order valence-corrected chi connectivity index (χ0v) is 26.7. The summed E-state index contributed by atoms with van der Waals surface area (Å²) in [5.41, 5.74) is 11.7. The van der Waals surface area contributed by atoms with Gasteiger partial charge < -0.3 is 25.3 Å². The van der Waals surface area contributed by atoms with Crippen molar-refractivity contribution >= 4 is 56.3 Å². The Morgan fingerprint density at radius 3 is 1.83 bits per heavy atom. The van der Waals surface area contributed by atoms with Crippen molar-refractivity contribution < 1.29 is 29.8 Å². The maximum atomic E-state index is 11.6. The normalized spacial score (nSPS) is 15.3. The first-order chi connectivity index (χ1) is 22.3. The minimum Gasteiger partial charge on any atom is -0.481 e. The number of carbonyl (C=O) groups is 2. The third kappa shape index (κ3) is 6.20. The zero-order valence-electron chi connectivity index (χ0n) is 26.7. The van der Waals surface area contributed by atoms with E-state index >= 15 is 0 Å². The molecule has 0 aromatic carbocycles. The molecule has 3 aromatic heterocycles. The van der Waals surface area contributed by atoms with E-state index in [4.69, 9.17) is 9.97 Å². The van der Waals surface area contributed by atoms with Gasteiger partial charge in [0.05, 0.1) is 22.8 Å². The largest absolute Gasteiger partial charge is 0.481 e. The van der Waals surface area contributed by atoms with E-state index in [0.29, 0.717) is 56.4 Å². The highest BCUT2D eigenvalue weighted by atomic mass is 16.6. The van der Waals surface area contributed by atoms with Crippen molar-refractivity contribution in [3.63, 3.8) is 0 Å². The summed E-state index contributed by atoms with van der Waals surface area (Å²) in [4.78, 5) is 51.0. The third-order valence-corrected chi connectivity index (χ3v) is 9.45. The molecule has 2 aliphatic heterocycles. The van der Waals surface area contributed by atoms with E-state index in [1.807, 2.05) is 32.9 Å². The summed E-state index contributed by atoms with van der Waals surface area (Å²) in [5.74, 6) is -1.49. The molecule has 0 amide bonds. The number of rotatable bonds is 10. The second kappa shape index (κ2) is 12.3. The molecule has 0 spiro atoms. The highest BCUT2D eigenvalue weighted by Gasteiger charge is 2.29. The van der Waals surface area contributed by atoms with Gasteiger partial charge in [-0.25, -0.2) is 9.97 Å². The monoisotopic (exact) mass is 639 g/mol. The number of nitrogens with zero attached hydrogens (tertiary/aromatic N) is 3. The average Bonchev–Trinajstić information content (AvgIpc) is 3.53. The molecule has 47 heavy (non-hydrogen) atoms. The van der Waals surface area contributed by atoms with Gasteiger partial charge in [-0.15, -0.1) is 0 Å². The van der Waals surface area contributed by atoms with Crippen LogP contribution in [0, 0.1) is 24.0 Å². The van der Waals surface area contributed by atoms with Crippen molar-refractivity contribution in [1.82, 2.24) is 19.9 Å². The summed E-state index contributed by atoms with van der Waals surface area (Å²) in [5, 5.41) is 41.5. The Bertz CT molecular complexity index is 2080. The number of fused-ring (bicyclic) bond motifs is 8. The Hall–Kier alpha value is -5.10. The molecule has 12 nitrogen and oxygen atoms in total. The number of carboxylic acids is 2. The lowest BCUT2D eigenvalue weighted by atomic mass is 9.98. The van der Waals surface area contributed by atoms with Gasteiger partial charge >= 0.3 is 11.9 Å². The molecule has 0 radical (unpaired) electrons. The highest BCUT2D eigenvalue weighted by molar-refractivity contribution is 5.96. The van der Waals surface area contributed by atoms with Crippen LogP contribution in [0.1, 0.15) is 109 Å². The summed E-state index contributed by atoms with van der Waals surface area (Å²) >= 11 is 0. The first-order valence-electron chi connectivity index (χ1n) is 15.7. The minimum atomic E-state index is -1.38. The second-order valence-corrected chi connectivity index (χ2v) is 12.6. The van der Waals surface area contributed by atoms with Crippen LogP contribution in [0.2, 0.25) is 0 Å². The van der Waals surface area contributed by atoms with Crippen molar-refractivity contribution in [2.45, 2.75) is 78.2 Å². The maximum absolute atomic E-state index is 11.6. The Morgan fingerprint density at radius 2 is 1.32 bits per heavy atom. The Balaban J connectivity index is 1.73. The van der Waals surface area contributed by atoms with Gasteiger partial charge in [0.25, 0.3) is 0 Å². The SMILES string of the molecule is CC1=C(CCC(=O)O)c2cc3nc(cc4[nH]c(cc5[nH]c(cc1n2)c(C)c5C1CC1)c(C)c4C(O)C[N+](=O)[O-])C(C)=C3CCC(=O)O. The number of aliphatic hydroxyl groups excluding tert-OH is 1. The van der Waals surface area contributed by atoms with E-state index in [1.54, 1.807) is 12.1 Å². The number of aromatic nitrogens is 4. The van der Waals surface area contributed by atoms with Crippen molar-refractivity contribution in [3.8, 4) is 0 Å². The number of allylic oxidation sites excluding steroid dienone is 4. The molecule has 3 aromatic rings. The fraction of sp³-hybridized carbons (Fsp3) is 0.371. The minimum absolute atomic E-state index is 0.0822. The average molecular weight is 640 g/mol. The first-order valence-corrected chi connectivity index (χ1v) is 15.7. The molecule has 1 unspecified atom stereocenters. The van der Waals surface area contributed by atoms with E-state index < -0.39 is 29.5 Å². The van der Waals surface area contributed by atoms with Crippen molar-refractivity contribution in [1.29, 1.82) is 0 Å². The molecule has 0 saturated heterocycles. The summed E-state index contributed by atoms with van der Waals surface area (Å²) in [7, 11) is 0. The Morgan fingerprint density at radius 1 is 0.809 bits per heavy atom. The fourth-order valence-corrected chi connectivity index (χ4v) is 6.80. The van der Waals surface area contributed by atoms with Gasteiger partial charge in [0.2, 0.25) is 6.54 Å². The molecular weight excluding hydrogens is 602 g/mol. The van der Waals surface area contributed by atoms with E-state index in [9.17, 15) is 35.0 Å². The van der Waals surface area contributed by atoms with Crippen molar-refractivity contribution in [2.24, 2.45) is 0 Å². The number of aliphatic hydroxyl groups is 1. The molecule has 12 heteroatoms. The Labute approximate surface area is 270 Å². The summed E-state index contributed by atoms with van der Waals surface area (Å²) in [6, 6.07) is 7.50. The lowest BCUT2D eigenvalue weighted by Crippen LogP contribution is -2.12. The lowest BCUT2D eigenvalue weighted by Gasteiger charge is -2.06. The van der Waals surface area contributed by atoms with Gasteiger partial charge in [-0.1, -0.05) is 0 Å². The molecule has 6 rings (SSSR count). The lowest BCUT2D eigenvalue weighted by molar-refractivity contribution is -0.491. The van der Waals surface area contributed by atoms with E-state index in [1.165, 1.54) is 5.56 Å². The van der Waals surface area contributed by atoms with Crippen LogP contribution in [0.3, 0.4) is 0 Å². The van der Waals surface area contributed by atoms with Crippen molar-refractivity contribution in [3.05, 3.63) is 79.4 Å². The maximum Gasteiger partial charge on any atom is 0.303 e. The molecule has 1 aliphatic carbocycles. The van der Waals surface area contributed by atoms with Crippen LogP contribution in [-0.2, 0) is 9.59 Å². The van der Waals surface area contributed by atoms with Crippen LogP contribution in [-0.4, -0.2) is 58.7 Å². The predicted molar refractivity (Wildman–Crippen MR) is 178 cm³/mol. The number of hydrogen-bond acceptors (Lipinski definition) is 7. The predicted octanol–water partition coefficient (Wildman–Crippen LogP) is 6.71. The van der Waals surface area contributed by atoms with Crippen LogP contribution >= 0.6 is 0 Å². The summed E-state index contributed by atoms with van der Waals surface area (Å²) in [6.07, 6.45) is 0.994. The smallest absolute Gasteiger partial charge is 0.303 e. The number of nitrogens with one attached hydrogen (secondary N) is 2. The quantitative estimate of drug-likeness (QED) is 0.118. The number of nitro groups is 1. The van der Waals surface area contributed by atoms with Crippen LogP contribution in [0.5, 0.6) is 0 Å². The highest BCUT2D eigenvalue weighted by Crippen LogP contribution is 2.45. The number of hydrogen-bond donors (Lipinski definition) is 5. The van der Waals surface area contributed by atoms with Crippen molar-refractivity contribution in [2.75, 3.05) is 6.54 Å². The fourth-order valence-electron chi connectivity index (χ4n) is 6.80. The molecule has 1 saturated carbocycles. The van der Waals surface area contributed by atoms with Crippen LogP contribution in [0.15, 0.2) is 24.3 Å². The van der Waals surface area contributed by atoms with E-state index in [2.05, 4.69) is 16.9 Å². The van der Waals surface area contributed by atoms with Crippen LogP contribution in [0.4, 0.5) is 0 Å². The van der Waals surface area contributed by atoms with Crippen LogP contribution in [0.25, 0.3) is 44.4 Å². The molecule has 1 atom stereocenters. The van der Waals surface area contributed by atoms with Gasteiger partial charge in [-0.2, -0.15) is 0 Å².